The maximum Gasteiger partial charge on any atom is 0.310 e. The second kappa shape index (κ2) is 6.70. The van der Waals surface area contributed by atoms with Crippen LogP contribution in [0.15, 0.2) is 23.1 Å². The molecule has 1 heterocycles. The first-order valence-electron chi connectivity index (χ1n) is 6.98. The number of ether oxygens (including phenoxy) is 1. The average molecular weight is 333 g/mol. The van der Waals surface area contributed by atoms with Crippen LogP contribution in [0.4, 0.5) is 8.78 Å². The maximum atomic E-state index is 13.7. The van der Waals surface area contributed by atoms with Crippen molar-refractivity contribution < 1.29 is 26.7 Å². The summed E-state index contributed by atoms with van der Waals surface area (Å²) in [6.07, 6.45) is 1.00. The molecule has 5 nitrogen and oxygen atoms in total. The van der Waals surface area contributed by atoms with Gasteiger partial charge in [0.2, 0.25) is 10.0 Å². The summed E-state index contributed by atoms with van der Waals surface area (Å²) in [5, 5.41) is 0. The molecule has 0 aliphatic carbocycles. The van der Waals surface area contributed by atoms with Gasteiger partial charge < -0.3 is 4.74 Å². The molecule has 1 atom stereocenters. The number of carbonyl (C=O) groups excluding carboxylic acids is 1. The van der Waals surface area contributed by atoms with Crippen LogP contribution in [-0.2, 0) is 19.6 Å². The van der Waals surface area contributed by atoms with Crippen molar-refractivity contribution in [3.8, 4) is 0 Å². The highest BCUT2D eigenvalue weighted by molar-refractivity contribution is 7.89. The molecular formula is C14H17F2NO4S. The Morgan fingerprint density at radius 3 is 2.77 bits per heavy atom. The summed E-state index contributed by atoms with van der Waals surface area (Å²) >= 11 is 0. The maximum absolute atomic E-state index is 13.7. The van der Waals surface area contributed by atoms with E-state index in [2.05, 4.69) is 0 Å². The lowest BCUT2D eigenvalue weighted by atomic mass is 10.0. The van der Waals surface area contributed by atoms with Gasteiger partial charge in [0.1, 0.15) is 16.5 Å². The highest BCUT2D eigenvalue weighted by Crippen LogP contribution is 2.26. The molecule has 0 radical (unpaired) electrons. The van der Waals surface area contributed by atoms with Gasteiger partial charge in [0.15, 0.2) is 0 Å². The average Bonchev–Trinajstić information content (AvgIpc) is 2.47. The summed E-state index contributed by atoms with van der Waals surface area (Å²) < 4.78 is 57.5. The first kappa shape index (κ1) is 16.8. The molecule has 1 aromatic carbocycles. The summed E-state index contributed by atoms with van der Waals surface area (Å²) in [6, 6.07) is 2.32. The van der Waals surface area contributed by atoms with E-state index in [1.54, 1.807) is 6.92 Å². The lowest BCUT2D eigenvalue weighted by Crippen LogP contribution is -2.43. The minimum Gasteiger partial charge on any atom is -0.466 e. The second-order valence-corrected chi connectivity index (χ2v) is 6.94. The summed E-state index contributed by atoms with van der Waals surface area (Å²) in [6.45, 7) is 2.02. The van der Waals surface area contributed by atoms with E-state index in [0.717, 1.165) is 16.4 Å². The normalized spacial score (nSPS) is 19.9. The van der Waals surface area contributed by atoms with Gasteiger partial charge >= 0.3 is 5.97 Å². The van der Waals surface area contributed by atoms with Crippen LogP contribution >= 0.6 is 0 Å². The molecule has 1 aliphatic rings. The number of nitrogens with zero attached hydrogens (tertiary/aromatic N) is 1. The third kappa shape index (κ3) is 3.44. The van der Waals surface area contributed by atoms with Crippen molar-refractivity contribution in [2.75, 3.05) is 19.7 Å². The predicted octanol–water partition coefficient (Wildman–Crippen LogP) is 1.93. The number of carbonyl (C=O) groups is 1. The van der Waals surface area contributed by atoms with Crippen LogP contribution in [0.3, 0.4) is 0 Å². The van der Waals surface area contributed by atoms with Gasteiger partial charge in [0.25, 0.3) is 0 Å². The highest BCUT2D eigenvalue weighted by atomic mass is 32.2. The van der Waals surface area contributed by atoms with E-state index in [1.165, 1.54) is 0 Å². The second-order valence-electron chi connectivity index (χ2n) is 5.03. The molecule has 8 heteroatoms. The van der Waals surface area contributed by atoms with E-state index in [9.17, 15) is 22.0 Å². The van der Waals surface area contributed by atoms with E-state index >= 15 is 0 Å². The van der Waals surface area contributed by atoms with Crippen molar-refractivity contribution in [2.24, 2.45) is 5.92 Å². The van der Waals surface area contributed by atoms with E-state index in [0.29, 0.717) is 18.9 Å². The van der Waals surface area contributed by atoms with Crippen LogP contribution in [-0.4, -0.2) is 38.4 Å². The van der Waals surface area contributed by atoms with Crippen LogP contribution in [0.2, 0.25) is 0 Å². The van der Waals surface area contributed by atoms with Crippen molar-refractivity contribution in [3.05, 3.63) is 29.8 Å². The predicted molar refractivity (Wildman–Crippen MR) is 74.5 cm³/mol. The van der Waals surface area contributed by atoms with E-state index in [1.807, 2.05) is 0 Å². The molecule has 22 heavy (non-hydrogen) atoms. The Hall–Kier alpha value is -1.54. The number of hydrogen-bond acceptors (Lipinski definition) is 4. The van der Waals surface area contributed by atoms with Crippen LogP contribution in [0.1, 0.15) is 19.8 Å². The first-order chi connectivity index (χ1) is 10.4. The standard InChI is InChI=1S/C14H17F2NO4S/c1-2-21-14(18)10-4-3-7-17(9-10)22(19,20)13-6-5-11(15)8-12(13)16/h5-6,8,10H,2-4,7,9H2,1H3. The number of hydrogen-bond donors (Lipinski definition) is 0. The van der Waals surface area contributed by atoms with Crippen LogP contribution in [0.5, 0.6) is 0 Å². The van der Waals surface area contributed by atoms with Gasteiger partial charge in [0.05, 0.1) is 12.5 Å². The lowest BCUT2D eigenvalue weighted by molar-refractivity contribution is -0.149. The van der Waals surface area contributed by atoms with Gasteiger partial charge in [-0.05, 0) is 31.9 Å². The zero-order valence-corrected chi connectivity index (χ0v) is 12.9. The molecule has 2 rings (SSSR count). The number of sulfonamides is 1. The summed E-state index contributed by atoms with van der Waals surface area (Å²) in [4.78, 5) is 11.2. The Morgan fingerprint density at radius 2 is 2.14 bits per heavy atom. The molecule has 1 fully saturated rings. The van der Waals surface area contributed by atoms with E-state index in [-0.39, 0.29) is 19.7 Å². The Balaban J connectivity index is 2.23. The van der Waals surface area contributed by atoms with Gasteiger partial charge in [-0.2, -0.15) is 4.31 Å². The third-order valence-electron chi connectivity index (χ3n) is 3.52. The highest BCUT2D eigenvalue weighted by Gasteiger charge is 2.35. The fraction of sp³-hybridized carbons (Fsp3) is 0.500. The van der Waals surface area contributed by atoms with Crippen molar-refractivity contribution >= 4 is 16.0 Å². The van der Waals surface area contributed by atoms with Gasteiger partial charge in [-0.3, -0.25) is 4.79 Å². The number of piperidine rings is 1. The first-order valence-corrected chi connectivity index (χ1v) is 8.42. The molecule has 0 aromatic heterocycles. The van der Waals surface area contributed by atoms with Crippen LogP contribution in [0.25, 0.3) is 0 Å². The lowest BCUT2D eigenvalue weighted by Gasteiger charge is -2.30. The molecular weight excluding hydrogens is 316 g/mol. The zero-order chi connectivity index (χ0) is 16.3. The molecule has 1 saturated heterocycles. The SMILES string of the molecule is CCOC(=O)C1CCCN(S(=O)(=O)c2ccc(F)cc2F)C1. The van der Waals surface area contributed by atoms with Crippen molar-refractivity contribution in [2.45, 2.75) is 24.7 Å². The molecule has 0 amide bonds. The smallest absolute Gasteiger partial charge is 0.310 e. The largest absolute Gasteiger partial charge is 0.466 e. The zero-order valence-electron chi connectivity index (χ0n) is 12.1. The van der Waals surface area contributed by atoms with Gasteiger partial charge in [-0.25, -0.2) is 17.2 Å². The minimum absolute atomic E-state index is 0.0576. The molecule has 1 unspecified atom stereocenters. The number of esters is 1. The Kier molecular flexibility index (Phi) is 5.12. The summed E-state index contributed by atoms with van der Waals surface area (Å²) in [5.74, 6) is -3.01. The topological polar surface area (TPSA) is 63.7 Å². The summed E-state index contributed by atoms with van der Waals surface area (Å²) in [5.41, 5.74) is 0. The fourth-order valence-electron chi connectivity index (χ4n) is 2.44. The number of halogens is 2. The molecule has 0 bridgehead atoms. The van der Waals surface area contributed by atoms with Crippen LogP contribution in [0, 0.1) is 17.6 Å². The molecule has 0 N–H and O–H groups in total. The monoisotopic (exact) mass is 333 g/mol. The molecule has 1 aliphatic heterocycles. The minimum atomic E-state index is -4.11. The van der Waals surface area contributed by atoms with E-state index in [4.69, 9.17) is 4.74 Å². The molecule has 0 saturated carbocycles. The van der Waals surface area contributed by atoms with Crippen molar-refractivity contribution in [1.29, 1.82) is 0 Å². The molecule has 122 valence electrons. The molecule has 0 spiro atoms. The van der Waals surface area contributed by atoms with E-state index < -0.39 is 38.4 Å². The van der Waals surface area contributed by atoms with Gasteiger partial charge in [-0.1, -0.05) is 0 Å². The van der Waals surface area contributed by atoms with Crippen molar-refractivity contribution in [3.63, 3.8) is 0 Å². The van der Waals surface area contributed by atoms with Gasteiger partial charge in [0, 0.05) is 19.2 Å². The number of benzene rings is 1. The Labute approximate surface area is 127 Å². The molecule has 1 aromatic rings. The quantitative estimate of drug-likeness (QED) is 0.790. The summed E-state index contributed by atoms with van der Waals surface area (Å²) in [7, 11) is -4.11. The third-order valence-corrected chi connectivity index (χ3v) is 5.41. The van der Waals surface area contributed by atoms with Crippen LogP contribution < -0.4 is 0 Å². The Morgan fingerprint density at radius 1 is 1.41 bits per heavy atom. The van der Waals surface area contributed by atoms with Crippen molar-refractivity contribution in [1.82, 2.24) is 4.31 Å². The number of rotatable bonds is 4. The van der Waals surface area contributed by atoms with Gasteiger partial charge in [-0.15, -0.1) is 0 Å². The Bertz CT molecular complexity index is 663. The fourth-order valence-corrected chi connectivity index (χ4v) is 4.01.